The van der Waals surface area contributed by atoms with Crippen LogP contribution in [0, 0.1) is 5.92 Å². The summed E-state index contributed by atoms with van der Waals surface area (Å²) in [5.41, 5.74) is 5.26. The fourth-order valence-corrected chi connectivity index (χ4v) is 1.42. The highest BCUT2D eigenvalue weighted by atomic mass is 16.4. The third-order valence-electron chi connectivity index (χ3n) is 2.52. The molecule has 1 atom stereocenters. The lowest BCUT2D eigenvalue weighted by Gasteiger charge is -2.29. The Morgan fingerprint density at radius 3 is 2.21 bits per heavy atom. The normalized spacial score (nSPS) is 15.1. The Kier molecular flexibility index (Phi) is 2.91. The average Bonchev–Trinajstić information content (AvgIpc) is 2.17. The van der Waals surface area contributed by atoms with Gasteiger partial charge in [-0.05, 0) is 11.5 Å². The van der Waals surface area contributed by atoms with Crippen molar-refractivity contribution in [2.45, 2.75) is 19.4 Å². The number of carboxylic acid groups (broad SMARTS) is 1. The maximum absolute atomic E-state index is 11.1. The van der Waals surface area contributed by atoms with Crippen molar-refractivity contribution in [3.63, 3.8) is 0 Å². The zero-order valence-electron chi connectivity index (χ0n) is 8.40. The summed E-state index contributed by atoms with van der Waals surface area (Å²) in [5.74, 6) is -1.14. The molecule has 3 heteroatoms. The number of hydrogen-bond donors (Lipinski definition) is 2. The van der Waals surface area contributed by atoms with Crippen LogP contribution in [0.15, 0.2) is 30.3 Å². The number of hydrogen-bond acceptors (Lipinski definition) is 2. The van der Waals surface area contributed by atoms with E-state index in [1.165, 1.54) is 0 Å². The van der Waals surface area contributed by atoms with Crippen LogP contribution >= 0.6 is 0 Å². The van der Waals surface area contributed by atoms with Crippen molar-refractivity contribution in [2.75, 3.05) is 0 Å². The second-order valence-corrected chi connectivity index (χ2v) is 3.69. The van der Waals surface area contributed by atoms with Gasteiger partial charge in [0.2, 0.25) is 0 Å². The fourth-order valence-electron chi connectivity index (χ4n) is 1.42. The zero-order valence-corrected chi connectivity index (χ0v) is 8.40. The molecule has 0 saturated heterocycles. The van der Waals surface area contributed by atoms with Gasteiger partial charge in [0.15, 0.2) is 0 Å². The van der Waals surface area contributed by atoms with Crippen LogP contribution in [-0.4, -0.2) is 11.1 Å². The molecular formula is C11H15NO2. The third kappa shape index (κ3) is 1.63. The summed E-state index contributed by atoms with van der Waals surface area (Å²) in [6, 6.07) is 8.92. The van der Waals surface area contributed by atoms with Gasteiger partial charge in [-0.3, -0.25) is 0 Å². The minimum absolute atomic E-state index is 0.151. The van der Waals surface area contributed by atoms with Crippen LogP contribution in [0.4, 0.5) is 0 Å². The minimum Gasteiger partial charge on any atom is -0.480 e. The first-order chi connectivity index (χ1) is 6.49. The van der Waals surface area contributed by atoms with E-state index in [2.05, 4.69) is 0 Å². The minimum atomic E-state index is -1.29. The molecular weight excluding hydrogens is 178 g/mol. The molecule has 0 radical (unpaired) electrons. The van der Waals surface area contributed by atoms with Gasteiger partial charge < -0.3 is 10.8 Å². The summed E-state index contributed by atoms with van der Waals surface area (Å²) >= 11 is 0. The standard InChI is InChI=1S/C11H15NO2/c1-8(2)11(12,10(13)14)9-6-4-3-5-7-9/h3-8H,12H2,1-2H3,(H,13,14)/t11-/m0/s1. The van der Waals surface area contributed by atoms with Crippen LogP contribution in [0.5, 0.6) is 0 Å². The fraction of sp³-hybridized carbons (Fsp3) is 0.364. The predicted octanol–water partition coefficient (Wildman–Crippen LogP) is 1.58. The smallest absolute Gasteiger partial charge is 0.328 e. The molecule has 0 unspecified atom stereocenters. The summed E-state index contributed by atoms with van der Waals surface area (Å²) < 4.78 is 0. The van der Waals surface area contributed by atoms with Crippen molar-refractivity contribution >= 4 is 5.97 Å². The van der Waals surface area contributed by atoms with Crippen molar-refractivity contribution in [1.82, 2.24) is 0 Å². The van der Waals surface area contributed by atoms with Crippen molar-refractivity contribution in [3.8, 4) is 0 Å². The van der Waals surface area contributed by atoms with Gasteiger partial charge in [0.25, 0.3) is 0 Å². The summed E-state index contributed by atoms with van der Waals surface area (Å²) in [5, 5.41) is 9.13. The van der Waals surface area contributed by atoms with Crippen LogP contribution < -0.4 is 5.73 Å². The molecule has 14 heavy (non-hydrogen) atoms. The SMILES string of the molecule is CC(C)[C@@](N)(C(=O)O)c1ccccc1. The highest BCUT2D eigenvalue weighted by Crippen LogP contribution is 2.26. The Hall–Kier alpha value is -1.35. The van der Waals surface area contributed by atoms with E-state index in [4.69, 9.17) is 10.8 Å². The number of rotatable bonds is 3. The molecule has 3 nitrogen and oxygen atoms in total. The largest absolute Gasteiger partial charge is 0.480 e. The summed E-state index contributed by atoms with van der Waals surface area (Å²) in [4.78, 5) is 11.1. The number of aliphatic carboxylic acids is 1. The Bertz CT molecular complexity index is 321. The number of carbonyl (C=O) groups is 1. The summed E-state index contributed by atoms with van der Waals surface area (Å²) in [6.07, 6.45) is 0. The van der Waals surface area contributed by atoms with E-state index in [0.717, 1.165) is 0 Å². The molecule has 76 valence electrons. The van der Waals surface area contributed by atoms with E-state index in [1.807, 2.05) is 6.07 Å². The van der Waals surface area contributed by atoms with Crippen LogP contribution in [-0.2, 0) is 10.3 Å². The molecule has 0 aliphatic rings. The lowest BCUT2D eigenvalue weighted by molar-refractivity contribution is -0.145. The van der Waals surface area contributed by atoms with Crippen molar-refractivity contribution < 1.29 is 9.90 Å². The van der Waals surface area contributed by atoms with Crippen LogP contribution in [0.1, 0.15) is 19.4 Å². The molecule has 0 heterocycles. The first kappa shape index (κ1) is 10.7. The van der Waals surface area contributed by atoms with Gasteiger partial charge >= 0.3 is 5.97 Å². The van der Waals surface area contributed by atoms with Crippen LogP contribution in [0.2, 0.25) is 0 Å². The maximum Gasteiger partial charge on any atom is 0.328 e. The highest BCUT2D eigenvalue weighted by Gasteiger charge is 2.39. The number of carboxylic acids is 1. The van der Waals surface area contributed by atoms with Gasteiger partial charge in [0, 0.05) is 0 Å². The van der Waals surface area contributed by atoms with E-state index in [9.17, 15) is 4.79 Å². The van der Waals surface area contributed by atoms with E-state index in [-0.39, 0.29) is 5.92 Å². The van der Waals surface area contributed by atoms with Crippen molar-refractivity contribution in [1.29, 1.82) is 0 Å². The van der Waals surface area contributed by atoms with Crippen molar-refractivity contribution in [3.05, 3.63) is 35.9 Å². The summed E-state index contributed by atoms with van der Waals surface area (Å²) in [6.45, 7) is 3.61. The van der Waals surface area contributed by atoms with E-state index >= 15 is 0 Å². The second-order valence-electron chi connectivity index (χ2n) is 3.69. The molecule has 0 bridgehead atoms. The van der Waals surface area contributed by atoms with E-state index in [1.54, 1.807) is 38.1 Å². The van der Waals surface area contributed by atoms with E-state index < -0.39 is 11.5 Å². The predicted molar refractivity (Wildman–Crippen MR) is 54.8 cm³/mol. The lowest BCUT2D eigenvalue weighted by Crippen LogP contribution is -2.49. The molecule has 1 aromatic carbocycles. The summed E-state index contributed by atoms with van der Waals surface area (Å²) in [7, 11) is 0. The quantitative estimate of drug-likeness (QED) is 0.766. The Morgan fingerprint density at radius 1 is 1.36 bits per heavy atom. The Balaban J connectivity index is 3.20. The van der Waals surface area contributed by atoms with E-state index in [0.29, 0.717) is 5.56 Å². The molecule has 0 aliphatic carbocycles. The monoisotopic (exact) mass is 193 g/mol. The Labute approximate surface area is 83.6 Å². The van der Waals surface area contributed by atoms with Gasteiger partial charge in [0.05, 0.1) is 0 Å². The Morgan fingerprint density at radius 2 is 1.86 bits per heavy atom. The molecule has 0 spiro atoms. The molecule has 3 N–H and O–H groups in total. The van der Waals surface area contributed by atoms with Gasteiger partial charge in [-0.15, -0.1) is 0 Å². The topological polar surface area (TPSA) is 63.3 Å². The third-order valence-corrected chi connectivity index (χ3v) is 2.52. The first-order valence-corrected chi connectivity index (χ1v) is 4.57. The average molecular weight is 193 g/mol. The molecule has 0 aromatic heterocycles. The lowest BCUT2D eigenvalue weighted by atomic mass is 9.81. The first-order valence-electron chi connectivity index (χ1n) is 4.57. The van der Waals surface area contributed by atoms with Crippen LogP contribution in [0.25, 0.3) is 0 Å². The highest BCUT2D eigenvalue weighted by molar-refractivity contribution is 5.80. The second kappa shape index (κ2) is 3.80. The van der Waals surface area contributed by atoms with Gasteiger partial charge in [-0.1, -0.05) is 44.2 Å². The molecule has 0 amide bonds. The molecule has 0 aliphatic heterocycles. The zero-order chi connectivity index (χ0) is 10.8. The maximum atomic E-state index is 11.1. The molecule has 1 rings (SSSR count). The number of benzene rings is 1. The van der Waals surface area contributed by atoms with Crippen molar-refractivity contribution in [2.24, 2.45) is 11.7 Å². The number of nitrogens with two attached hydrogens (primary N) is 1. The molecule has 0 fully saturated rings. The van der Waals surface area contributed by atoms with Gasteiger partial charge in [-0.2, -0.15) is 0 Å². The van der Waals surface area contributed by atoms with Gasteiger partial charge in [-0.25, -0.2) is 4.79 Å². The van der Waals surface area contributed by atoms with Crippen LogP contribution in [0.3, 0.4) is 0 Å². The molecule has 1 aromatic rings. The van der Waals surface area contributed by atoms with Gasteiger partial charge in [0.1, 0.15) is 5.54 Å². The molecule has 0 saturated carbocycles.